The number of rotatable bonds is 9. The smallest absolute Gasteiger partial charge is 0.277 e. The first-order valence-corrected chi connectivity index (χ1v) is 10.5. The Bertz CT molecular complexity index is 1070. The number of aryl methyl sites for hydroxylation is 2. The van der Waals surface area contributed by atoms with E-state index in [0.717, 1.165) is 28.7 Å². The van der Waals surface area contributed by atoms with Crippen molar-refractivity contribution in [3.8, 4) is 5.88 Å². The number of aromatic nitrogens is 1. The Morgan fingerprint density at radius 2 is 2.03 bits per heavy atom. The van der Waals surface area contributed by atoms with Gasteiger partial charge in [-0.15, -0.1) is 0 Å². The maximum absolute atomic E-state index is 14.7. The Balaban J connectivity index is 1.59. The molecule has 0 aliphatic carbocycles. The number of hydroxylamine groups is 1. The van der Waals surface area contributed by atoms with Crippen LogP contribution in [0.2, 0.25) is 5.02 Å². The van der Waals surface area contributed by atoms with E-state index < -0.39 is 12.0 Å². The van der Waals surface area contributed by atoms with Gasteiger partial charge in [-0.2, -0.15) is 5.48 Å². The molecule has 4 nitrogen and oxygen atoms in total. The molecule has 0 aliphatic rings. The van der Waals surface area contributed by atoms with Crippen LogP contribution in [0.1, 0.15) is 54.0 Å². The van der Waals surface area contributed by atoms with Gasteiger partial charge in [-0.05, 0) is 72.8 Å². The lowest BCUT2D eigenvalue weighted by Crippen LogP contribution is -2.20. The number of halogens is 3. The molecule has 1 atom stereocenters. The molecule has 0 spiro atoms. The molecule has 0 aliphatic heterocycles. The molecule has 0 fully saturated rings. The zero-order valence-electron chi connectivity index (χ0n) is 17.7. The molecule has 3 aromatic rings. The van der Waals surface area contributed by atoms with Gasteiger partial charge in [0.25, 0.3) is 5.88 Å². The average molecular weight is 447 g/mol. The van der Waals surface area contributed by atoms with E-state index in [2.05, 4.69) is 23.6 Å². The summed E-state index contributed by atoms with van der Waals surface area (Å²) in [5.74, 6) is -0.685. The third kappa shape index (κ3) is 5.93. The molecule has 0 radical (unpaired) electrons. The molecule has 1 N–H and O–H groups in total. The van der Waals surface area contributed by atoms with Gasteiger partial charge in [-0.3, -0.25) is 0 Å². The van der Waals surface area contributed by atoms with Gasteiger partial charge in [0.15, 0.2) is 11.9 Å². The molecule has 0 saturated carbocycles. The normalized spacial score (nSPS) is 12.8. The van der Waals surface area contributed by atoms with Gasteiger partial charge in [-0.25, -0.2) is 8.78 Å². The monoisotopic (exact) mass is 446 g/mol. The van der Waals surface area contributed by atoms with Crippen LogP contribution >= 0.6 is 11.6 Å². The summed E-state index contributed by atoms with van der Waals surface area (Å²) < 4.78 is 33.6. The van der Waals surface area contributed by atoms with E-state index in [-0.39, 0.29) is 17.2 Å². The van der Waals surface area contributed by atoms with Crippen LogP contribution in [0.15, 0.2) is 53.1 Å². The van der Waals surface area contributed by atoms with Gasteiger partial charge in [0.2, 0.25) is 0 Å². The molecule has 1 unspecified atom stereocenters. The Hall–Kier alpha value is -2.70. The highest BCUT2D eigenvalue weighted by Crippen LogP contribution is 2.31. The fraction of sp³-hybridized carbons (Fsp3) is 0.292. The Morgan fingerprint density at radius 1 is 1.23 bits per heavy atom. The molecule has 0 amide bonds. The van der Waals surface area contributed by atoms with E-state index in [0.29, 0.717) is 18.0 Å². The third-order valence-corrected chi connectivity index (χ3v) is 5.09. The van der Waals surface area contributed by atoms with E-state index in [9.17, 15) is 8.78 Å². The standard InChI is InChI=1S/C24H25ClF2N2O2/c1-4-5-17(19-13-18(25)8-7-16(19)3)10-11-28-31-23-14-22(30-29-23)24(27)20-12-15(2)6-9-21(20)26/h5-9,12-14,24,28H,4,10-11H2,1-3H3/b17-5-. The van der Waals surface area contributed by atoms with Crippen LogP contribution in [0, 0.1) is 19.7 Å². The van der Waals surface area contributed by atoms with Gasteiger partial charge < -0.3 is 9.36 Å². The first kappa shape index (κ1) is 23.0. The summed E-state index contributed by atoms with van der Waals surface area (Å²) in [6.45, 7) is 6.37. The highest BCUT2D eigenvalue weighted by molar-refractivity contribution is 6.30. The molecular formula is C24H25ClF2N2O2. The predicted molar refractivity (Wildman–Crippen MR) is 118 cm³/mol. The van der Waals surface area contributed by atoms with Crippen molar-refractivity contribution in [2.75, 3.05) is 6.54 Å². The topological polar surface area (TPSA) is 47.3 Å². The number of hydrogen-bond acceptors (Lipinski definition) is 4. The molecular weight excluding hydrogens is 422 g/mol. The second-order valence-electron chi connectivity index (χ2n) is 7.30. The average Bonchev–Trinajstić information content (AvgIpc) is 3.22. The van der Waals surface area contributed by atoms with Gasteiger partial charge in [0, 0.05) is 17.1 Å². The van der Waals surface area contributed by atoms with Crippen LogP contribution < -0.4 is 10.3 Å². The van der Waals surface area contributed by atoms with Crippen molar-refractivity contribution in [1.82, 2.24) is 10.6 Å². The fourth-order valence-electron chi connectivity index (χ4n) is 3.29. The minimum Gasteiger partial charge on any atom is -0.385 e. The molecule has 0 saturated heterocycles. The summed E-state index contributed by atoms with van der Waals surface area (Å²) >= 11 is 6.15. The maximum atomic E-state index is 14.7. The summed E-state index contributed by atoms with van der Waals surface area (Å²) in [7, 11) is 0. The Kier molecular flexibility index (Phi) is 7.82. The van der Waals surface area contributed by atoms with Crippen LogP contribution in [-0.2, 0) is 0 Å². The Labute approximate surface area is 185 Å². The lowest BCUT2D eigenvalue weighted by Gasteiger charge is -2.12. The molecule has 0 bridgehead atoms. The highest BCUT2D eigenvalue weighted by atomic mass is 35.5. The molecule has 2 aromatic carbocycles. The maximum Gasteiger partial charge on any atom is 0.277 e. The lowest BCUT2D eigenvalue weighted by molar-refractivity contribution is 0.177. The summed E-state index contributed by atoms with van der Waals surface area (Å²) in [5, 5.41) is 4.39. The highest BCUT2D eigenvalue weighted by Gasteiger charge is 2.22. The quantitative estimate of drug-likeness (QED) is 0.286. The zero-order chi connectivity index (χ0) is 22.4. The number of allylic oxidation sites excluding steroid dienone is 1. The SMILES string of the molecule is CC/C=C(/CCNOc1cc(C(F)c2cc(C)ccc2F)on1)c1cc(Cl)ccc1C. The van der Waals surface area contributed by atoms with Crippen LogP contribution in [0.4, 0.5) is 8.78 Å². The molecule has 1 aromatic heterocycles. The van der Waals surface area contributed by atoms with E-state index >= 15 is 0 Å². The summed E-state index contributed by atoms with van der Waals surface area (Å²) in [6, 6.07) is 11.4. The molecule has 3 rings (SSSR count). The first-order valence-electron chi connectivity index (χ1n) is 10.1. The van der Waals surface area contributed by atoms with Crippen molar-refractivity contribution in [1.29, 1.82) is 0 Å². The summed E-state index contributed by atoms with van der Waals surface area (Å²) in [4.78, 5) is 5.38. The third-order valence-electron chi connectivity index (χ3n) is 4.85. The van der Waals surface area contributed by atoms with Crippen molar-refractivity contribution in [2.45, 2.75) is 39.8 Å². The van der Waals surface area contributed by atoms with E-state index in [1.807, 2.05) is 25.1 Å². The van der Waals surface area contributed by atoms with E-state index in [4.69, 9.17) is 21.0 Å². The van der Waals surface area contributed by atoms with Crippen LogP contribution in [0.5, 0.6) is 5.88 Å². The van der Waals surface area contributed by atoms with Crippen molar-refractivity contribution < 1.29 is 18.1 Å². The number of nitrogens with one attached hydrogen (secondary N) is 1. The van der Waals surface area contributed by atoms with Crippen LogP contribution in [0.3, 0.4) is 0 Å². The largest absolute Gasteiger partial charge is 0.385 e. The molecule has 7 heteroatoms. The minimum atomic E-state index is -1.77. The number of benzene rings is 2. The van der Waals surface area contributed by atoms with Crippen LogP contribution in [-0.4, -0.2) is 11.7 Å². The predicted octanol–water partition coefficient (Wildman–Crippen LogP) is 6.91. The molecule has 31 heavy (non-hydrogen) atoms. The van der Waals surface area contributed by atoms with Gasteiger partial charge >= 0.3 is 0 Å². The number of alkyl halides is 1. The van der Waals surface area contributed by atoms with Gasteiger partial charge in [0.1, 0.15) is 5.82 Å². The Morgan fingerprint density at radius 3 is 2.81 bits per heavy atom. The van der Waals surface area contributed by atoms with Crippen molar-refractivity contribution in [3.63, 3.8) is 0 Å². The van der Waals surface area contributed by atoms with Crippen molar-refractivity contribution >= 4 is 17.2 Å². The van der Waals surface area contributed by atoms with Crippen molar-refractivity contribution in [2.24, 2.45) is 0 Å². The van der Waals surface area contributed by atoms with E-state index in [1.165, 1.54) is 18.2 Å². The molecule has 1 heterocycles. The number of hydrogen-bond donors (Lipinski definition) is 1. The first-order chi connectivity index (χ1) is 14.9. The van der Waals surface area contributed by atoms with Gasteiger partial charge in [0.05, 0.1) is 6.07 Å². The van der Waals surface area contributed by atoms with Crippen LogP contribution in [0.25, 0.3) is 5.57 Å². The minimum absolute atomic E-state index is 0.0747. The fourth-order valence-corrected chi connectivity index (χ4v) is 3.47. The van der Waals surface area contributed by atoms with Crippen molar-refractivity contribution in [3.05, 3.63) is 87.4 Å². The summed E-state index contributed by atoms with van der Waals surface area (Å²) in [5.41, 5.74) is 6.86. The number of nitrogens with zero attached hydrogens (tertiary/aromatic N) is 1. The molecule has 164 valence electrons. The lowest BCUT2D eigenvalue weighted by atomic mass is 9.97. The second kappa shape index (κ2) is 10.6. The summed E-state index contributed by atoms with van der Waals surface area (Å²) in [6.07, 6.45) is 1.97. The van der Waals surface area contributed by atoms with Gasteiger partial charge in [-0.1, -0.05) is 42.3 Å². The van der Waals surface area contributed by atoms with E-state index in [1.54, 1.807) is 13.0 Å². The zero-order valence-corrected chi connectivity index (χ0v) is 18.5. The second-order valence-corrected chi connectivity index (χ2v) is 7.73.